The first-order chi connectivity index (χ1) is 6.16. The van der Waals surface area contributed by atoms with Crippen molar-refractivity contribution in [3.05, 3.63) is 0 Å². The molecule has 2 atom stereocenters. The number of ketones is 1. The third kappa shape index (κ3) is 1.58. The van der Waals surface area contributed by atoms with Crippen LogP contribution in [0.5, 0.6) is 0 Å². The molecule has 72 valence electrons. The van der Waals surface area contributed by atoms with Crippen LogP contribution in [-0.4, -0.2) is 28.9 Å². The van der Waals surface area contributed by atoms with Gasteiger partial charge in [-0.2, -0.15) is 0 Å². The molecule has 2 rings (SSSR count). The number of carbonyl (C=O) groups is 2. The Balaban J connectivity index is 1.75. The van der Waals surface area contributed by atoms with Gasteiger partial charge in [-0.25, -0.2) is 0 Å². The summed E-state index contributed by atoms with van der Waals surface area (Å²) in [5, 5.41) is 11.9. The molecule has 13 heavy (non-hydrogen) atoms. The zero-order chi connectivity index (χ0) is 9.42. The molecule has 0 aliphatic heterocycles. The number of aliphatic hydroxyl groups is 1. The summed E-state index contributed by atoms with van der Waals surface area (Å²) in [4.78, 5) is 22.0. The standard InChI is InChI=1S/C9H13NO3/c11-6-3-5(4-6)9(13)10-7-1-2-8(7)12/h5,7-8,12H,1-4H2,(H,10,13)/t7-,8-/m1/s1. The second kappa shape index (κ2) is 3.10. The predicted octanol–water partition coefficient (Wildman–Crippen LogP) is -0.395. The Bertz CT molecular complexity index is 243. The number of hydrogen-bond acceptors (Lipinski definition) is 3. The van der Waals surface area contributed by atoms with E-state index < -0.39 is 0 Å². The fraction of sp³-hybridized carbons (Fsp3) is 0.778. The van der Waals surface area contributed by atoms with E-state index in [1.807, 2.05) is 0 Å². The van der Waals surface area contributed by atoms with Crippen molar-refractivity contribution >= 4 is 11.7 Å². The Kier molecular flexibility index (Phi) is 2.07. The van der Waals surface area contributed by atoms with Gasteiger partial charge in [0.25, 0.3) is 0 Å². The Hall–Kier alpha value is -0.900. The van der Waals surface area contributed by atoms with Gasteiger partial charge in [-0.15, -0.1) is 0 Å². The van der Waals surface area contributed by atoms with Crippen LogP contribution in [0.3, 0.4) is 0 Å². The average Bonchev–Trinajstić information content (AvgIpc) is 2.06. The number of aliphatic hydroxyl groups excluding tert-OH is 1. The molecule has 0 bridgehead atoms. The number of nitrogens with one attached hydrogen (secondary N) is 1. The van der Waals surface area contributed by atoms with Crippen molar-refractivity contribution in [3.63, 3.8) is 0 Å². The van der Waals surface area contributed by atoms with Crippen molar-refractivity contribution in [1.82, 2.24) is 5.32 Å². The topological polar surface area (TPSA) is 66.4 Å². The van der Waals surface area contributed by atoms with Crippen molar-refractivity contribution in [2.45, 2.75) is 37.8 Å². The lowest BCUT2D eigenvalue weighted by molar-refractivity contribution is -0.139. The monoisotopic (exact) mass is 183 g/mol. The molecule has 0 radical (unpaired) electrons. The zero-order valence-corrected chi connectivity index (χ0v) is 7.32. The lowest BCUT2D eigenvalue weighted by atomic mass is 9.82. The van der Waals surface area contributed by atoms with Gasteiger partial charge < -0.3 is 10.4 Å². The van der Waals surface area contributed by atoms with Crippen molar-refractivity contribution in [1.29, 1.82) is 0 Å². The molecule has 2 aliphatic carbocycles. The minimum atomic E-state index is -0.375. The van der Waals surface area contributed by atoms with E-state index in [-0.39, 0.29) is 29.8 Å². The van der Waals surface area contributed by atoms with Crippen LogP contribution < -0.4 is 5.32 Å². The summed E-state index contributed by atoms with van der Waals surface area (Å²) >= 11 is 0. The molecule has 1 amide bonds. The smallest absolute Gasteiger partial charge is 0.224 e. The van der Waals surface area contributed by atoms with Crippen molar-refractivity contribution < 1.29 is 14.7 Å². The predicted molar refractivity (Wildman–Crippen MR) is 44.9 cm³/mol. The van der Waals surface area contributed by atoms with E-state index in [2.05, 4.69) is 5.32 Å². The van der Waals surface area contributed by atoms with Gasteiger partial charge in [0.2, 0.25) is 5.91 Å². The number of Topliss-reactive ketones (excluding diaryl/α,β-unsaturated/α-hetero) is 1. The highest BCUT2D eigenvalue weighted by molar-refractivity contribution is 5.96. The fourth-order valence-electron chi connectivity index (χ4n) is 1.63. The lowest BCUT2D eigenvalue weighted by Gasteiger charge is -2.35. The molecule has 0 aromatic heterocycles. The Morgan fingerprint density at radius 3 is 2.46 bits per heavy atom. The van der Waals surface area contributed by atoms with Crippen molar-refractivity contribution in [2.75, 3.05) is 0 Å². The Morgan fingerprint density at radius 2 is 2.08 bits per heavy atom. The largest absolute Gasteiger partial charge is 0.391 e. The SMILES string of the molecule is O=C1CC(C(=O)N[C@@H]2CC[C@H]2O)C1. The average molecular weight is 183 g/mol. The maximum Gasteiger partial charge on any atom is 0.224 e. The van der Waals surface area contributed by atoms with Crippen LogP contribution in [0, 0.1) is 5.92 Å². The molecule has 4 heteroatoms. The van der Waals surface area contributed by atoms with Crippen LogP contribution in [0.2, 0.25) is 0 Å². The van der Waals surface area contributed by atoms with E-state index in [9.17, 15) is 14.7 Å². The molecular formula is C9H13NO3. The van der Waals surface area contributed by atoms with Crippen LogP contribution in [0.25, 0.3) is 0 Å². The van der Waals surface area contributed by atoms with E-state index in [4.69, 9.17) is 0 Å². The number of hydrogen-bond donors (Lipinski definition) is 2. The van der Waals surface area contributed by atoms with Gasteiger partial charge >= 0.3 is 0 Å². The number of carbonyl (C=O) groups excluding carboxylic acids is 2. The Morgan fingerprint density at radius 1 is 1.38 bits per heavy atom. The molecule has 0 unspecified atom stereocenters. The summed E-state index contributed by atoms with van der Waals surface area (Å²) < 4.78 is 0. The molecule has 4 nitrogen and oxygen atoms in total. The van der Waals surface area contributed by atoms with Gasteiger partial charge in [-0.1, -0.05) is 0 Å². The lowest BCUT2D eigenvalue weighted by Crippen LogP contribution is -2.53. The van der Waals surface area contributed by atoms with E-state index in [1.54, 1.807) is 0 Å². The summed E-state index contributed by atoms with van der Waals surface area (Å²) in [5.41, 5.74) is 0. The molecule has 0 aromatic rings. The Labute approximate surface area is 76.3 Å². The van der Waals surface area contributed by atoms with E-state index >= 15 is 0 Å². The molecule has 0 saturated heterocycles. The molecule has 2 aliphatic rings. The molecular weight excluding hydrogens is 170 g/mol. The van der Waals surface area contributed by atoms with Crippen molar-refractivity contribution in [2.24, 2.45) is 5.92 Å². The van der Waals surface area contributed by atoms with Gasteiger partial charge in [0, 0.05) is 12.8 Å². The third-order valence-corrected chi connectivity index (χ3v) is 2.88. The summed E-state index contributed by atoms with van der Waals surface area (Å²) in [6.07, 6.45) is 2.02. The first-order valence-corrected chi connectivity index (χ1v) is 4.67. The first kappa shape index (κ1) is 8.69. The minimum Gasteiger partial charge on any atom is -0.391 e. The summed E-state index contributed by atoms with van der Waals surface area (Å²) in [7, 11) is 0. The van der Waals surface area contributed by atoms with Gasteiger partial charge in [0.1, 0.15) is 5.78 Å². The zero-order valence-electron chi connectivity index (χ0n) is 7.32. The van der Waals surface area contributed by atoms with E-state index in [0.29, 0.717) is 12.8 Å². The van der Waals surface area contributed by atoms with Crippen LogP contribution in [0.4, 0.5) is 0 Å². The highest BCUT2D eigenvalue weighted by Crippen LogP contribution is 2.25. The third-order valence-electron chi connectivity index (χ3n) is 2.88. The van der Waals surface area contributed by atoms with Crippen molar-refractivity contribution in [3.8, 4) is 0 Å². The van der Waals surface area contributed by atoms with Crippen LogP contribution >= 0.6 is 0 Å². The first-order valence-electron chi connectivity index (χ1n) is 4.67. The molecule has 2 N–H and O–H groups in total. The van der Waals surface area contributed by atoms with E-state index in [1.165, 1.54) is 0 Å². The normalized spacial score (nSPS) is 33.5. The van der Waals surface area contributed by atoms with Gasteiger partial charge in [-0.3, -0.25) is 9.59 Å². The highest BCUT2D eigenvalue weighted by atomic mass is 16.3. The van der Waals surface area contributed by atoms with Crippen LogP contribution in [0.1, 0.15) is 25.7 Å². The quantitative estimate of drug-likeness (QED) is 0.612. The second-order valence-electron chi connectivity index (χ2n) is 3.90. The molecule has 0 spiro atoms. The highest BCUT2D eigenvalue weighted by Gasteiger charge is 2.36. The van der Waals surface area contributed by atoms with Gasteiger partial charge in [-0.05, 0) is 12.8 Å². The van der Waals surface area contributed by atoms with Gasteiger partial charge in [0.05, 0.1) is 18.1 Å². The molecule has 2 saturated carbocycles. The van der Waals surface area contributed by atoms with Crippen LogP contribution in [0.15, 0.2) is 0 Å². The number of rotatable bonds is 2. The second-order valence-corrected chi connectivity index (χ2v) is 3.90. The maximum absolute atomic E-state index is 11.3. The minimum absolute atomic E-state index is 0.0663. The number of amides is 1. The summed E-state index contributed by atoms with van der Waals surface area (Å²) in [6, 6.07) is -0.0665. The molecule has 2 fully saturated rings. The molecule has 0 aromatic carbocycles. The fourth-order valence-corrected chi connectivity index (χ4v) is 1.63. The summed E-state index contributed by atoms with van der Waals surface area (Å²) in [6.45, 7) is 0. The maximum atomic E-state index is 11.3. The van der Waals surface area contributed by atoms with Crippen LogP contribution in [-0.2, 0) is 9.59 Å². The summed E-state index contributed by atoms with van der Waals surface area (Å²) in [5.74, 6) is -0.0297. The van der Waals surface area contributed by atoms with Gasteiger partial charge in [0.15, 0.2) is 0 Å². The van der Waals surface area contributed by atoms with E-state index in [0.717, 1.165) is 12.8 Å². The molecule has 0 heterocycles.